The standard InChI is InChI=1S/C23H36N2O4/c1-14(2)21(24-16(5)6)20(26)12-17(7)22(27)25-19-10-8-18(9-11-19)13-29-23(28)15(3)4/h8-11,14-17,21,24H,12-13H2,1-7H3,(H,25,27)/t17-,21+/m0/s1. The van der Waals surface area contributed by atoms with E-state index in [1.807, 2.05) is 27.7 Å². The van der Waals surface area contributed by atoms with E-state index in [0.29, 0.717) is 5.69 Å². The van der Waals surface area contributed by atoms with Crippen LogP contribution in [0.3, 0.4) is 0 Å². The van der Waals surface area contributed by atoms with Crippen LogP contribution in [-0.2, 0) is 25.7 Å². The molecule has 0 heterocycles. The number of amides is 1. The minimum atomic E-state index is -0.426. The lowest BCUT2D eigenvalue weighted by molar-refractivity contribution is -0.148. The Kier molecular flexibility index (Phi) is 10.0. The first-order chi connectivity index (χ1) is 13.5. The first kappa shape index (κ1) is 24.8. The summed E-state index contributed by atoms with van der Waals surface area (Å²) in [7, 11) is 0. The highest BCUT2D eigenvalue weighted by Crippen LogP contribution is 2.16. The third kappa shape index (κ3) is 8.77. The summed E-state index contributed by atoms with van der Waals surface area (Å²) in [5.41, 5.74) is 1.49. The molecular weight excluding hydrogens is 368 g/mol. The second-order valence-corrected chi connectivity index (χ2v) is 8.56. The van der Waals surface area contributed by atoms with Gasteiger partial charge in [0.15, 0.2) is 5.78 Å². The van der Waals surface area contributed by atoms with Crippen molar-refractivity contribution >= 4 is 23.3 Å². The van der Waals surface area contributed by atoms with Crippen LogP contribution in [0.5, 0.6) is 0 Å². The quantitative estimate of drug-likeness (QED) is 0.546. The van der Waals surface area contributed by atoms with Crippen LogP contribution in [0.2, 0.25) is 0 Å². The van der Waals surface area contributed by atoms with Crippen LogP contribution in [0.4, 0.5) is 5.69 Å². The van der Waals surface area contributed by atoms with Gasteiger partial charge in [-0.3, -0.25) is 14.4 Å². The molecule has 1 amide bonds. The molecule has 1 rings (SSSR count). The summed E-state index contributed by atoms with van der Waals surface area (Å²) in [6.45, 7) is 13.6. The van der Waals surface area contributed by atoms with Crippen LogP contribution >= 0.6 is 0 Å². The molecule has 0 spiro atoms. The SMILES string of the molecule is CC(C)N[C@@H](C(=O)C[C@H](C)C(=O)Nc1ccc(COC(=O)C(C)C)cc1)C(C)C. The number of nitrogens with one attached hydrogen (secondary N) is 2. The van der Waals surface area contributed by atoms with E-state index in [4.69, 9.17) is 4.74 Å². The lowest BCUT2D eigenvalue weighted by Crippen LogP contribution is -2.45. The Bertz CT molecular complexity index is 681. The Balaban J connectivity index is 2.59. The number of hydrogen-bond donors (Lipinski definition) is 2. The lowest BCUT2D eigenvalue weighted by Gasteiger charge is -2.24. The molecule has 1 aromatic carbocycles. The Morgan fingerprint density at radius 2 is 1.52 bits per heavy atom. The van der Waals surface area contributed by atoms with Crippen LogP contribution in [0.1, 0.15) is 60.5 Å². The first-order valence-corrected chi connectivity index (χ1v) is 10.4. The molecule has 0 aliphatic heterocycles. The summed E-state index contributed by atoms with van der Waals surface area (Å²) in [4.78, 5) is 36.6. The molecule has 0 aromatic heterocycles. The molecule has 2 atom stereocenters. The number of carbonyl (C=O) groups excluding carboxylic acids is 3. The number of carbonyl (C=O) groups is 3. The summed E-state index contributed by atoms with van der Waals surface area (Å²) >= 11 is 0. The Labute approximate surface area is 174 Å². The number of Topliss-reactive ketones (excluding diaryl/α,β-unsaturated/α-hetero) is 1. The monoisotopic (exact) mass is 404 g/mol. The highest BCUT2D eigenvalue weighted by atomic mass is 16.5. The number of ketones is 1. The predicted octanol–water partition coefficient (Wildman–Crippen LogP) is 3.94. The maximum atomic E-state index is 12.6. The summed E-state index contributed by atoms with van der Waals surface area (Å²) in [5, 5.41) is 6.14. The Hall–Kier alpha value is -2.21. The van der Waals surface area contributed by atoms with Gasteiger partial charge in [0, 0.05) is 24.1 Å². The fourth-order valence-corrected chi connectivity index (χ4v) is 2.81. The van der Waals surface area contributed by atoms with E-state index in [0.717, 1.165) is 5.56 Å². The Morgan fingerprint density at radius 1 is 0.931 bits per heavy atom. The van der Waals surface area contributed by atoms with Crippen molar-refractivity contribution in [3.05, 3.63) is 29.8 Å². The van der Waals surface area contributed by atoms with Crippen LogP contribution in [0.25, 0.3) is 0 Å². The second-order valence-electron chi connectivity index (χ2n) is 8.56. The molecule has 0 saturated heterocycles. The number of anilines is 1. The Morgan fingerprint density at radius 3 is 2.00 bits per heavy atom. The molecule has 162 valence electrons. The molecule has 1 aromatic rings. The molecule has 0 unspecified atom stereocenters. The summed E-state index contributed by atoms with van der Waals surface area (Å²) < 4.78 is 5.19. The van der Waals surface area contributed by atoms with Crippen molar-refractivity contribution in [2.75, 3.05) is 5.32 Å². The van der Waals surface area contributed by atoms with Crippen LogP contribution in [-0.4, -0.2) is 29.7 Å². The molecule has 0 bridgehead atoms. The first-order valence-electron chi connectivity index (χ1n) is 10.4. The van der Waals surface area contributed by atoms with E-state index in [2.05, 4.69) is 10.6 Å². The number of esters is 1. The van der Waals surface area contributed by atoms with Gasteiger partial charge in [-0.25, -0.2) is 0 Å². The number of ether oxygens (including phenoxy) is 1. The van der Waals surface area contributed by atoms with Crippen molar-refractivity contribution in [3.8, 4) is 0 Å². The highest BCUT2D eigenvalue weighted by Gasteiger charge is 2.26. The van der Waals surface area contributed by atoms with Crippen molar-refractivity contribution in [1.29, 1.82) is 0 Å². The molecule has 2 N–H and O–H groups in total. The van der Waals surface area contributed by atoms with E-state index in [9.17, 15) is 14.4 Å². The summed E-state index contributed by atoms with van der Waals surface area (Å²) in [6, 6.07) is 7.09. The predicted molar refractivity (Wildman–Crippen MR) is 115 cm³/mol. The van der Waals surface area contributed by atoms with E-state index < -0.39 is 5.92 Å². The summed E-state index contributed by atoms with van der Waals surface area (Å²) in [5.74, 6) is -0.804. The second kappa shape index (κ2) is 11.7. The lowest BCUT2D eigenvalue weighted by atomic mass is 9.92. The van der Waals surface area contributed by atoms with Gasteiger partial charge in [-0.1, -0.05) is 60.6 Å². The molecule has 0 fully saturated rings. The molecular formula is C23H36N2O4. The van der Waals surface area contributed by atoms with Crippen LogP contribution in [0.15, 0.2) is 24.3 Å². The average Bonchev–Trinajstić information content (AvgIpc) is 2.64. The van der Waals surface area contributed by atoms with Gasteiger partial charge in [0.25, 0.3) is 0 Å². The summed E-state index contributed by atoms with van der Waals surface area (Å²) in [6.07, 6.45) is 0.192. The normalized spacial score (nSPS) is 13.4. The van der Waals surface area contributed by atoms with E-state index >= 15 is 0 Å². The van der Waals surface area contributed by atoms with Gasteiger partial charge in [-0.05, 0) is 23.6 Å². The van der Waals surface area contributed by atoms with Crippen LogP contribution in [0, 0.1) is 17.8 Å². The van der Waals surface area contributed by atoms with Gasteiger partial charge >= 0.3 is 5.97 Å². The maximum absolute atomic E-state index is 12.6. The van der Waals surface area contributed by atoms with Gasteiger partial charge in [0.1, 0.15) is 6.61 Å². The highest BCUT2D eigenvalue weighted by molar-refractivity contribution is 5.96. The number of benzene rings is 1. The van der Waals surface area contributed by atoms with E-state index in [1.54, 1.807) is 45.0 Å². The third-order valence-corrected chi connectivity index (χ3v) is 4.56. The van der Waals surface area contributed by atoms with Gasteiger partial charge in [-0.15, -0.1) is 0 Å². The zero-order valence-electron chi connectivity index (χ0n) is 18.7. The van der Waals surface area contributed by atoms with Gasteiger partial charge in [0.05, 0.1) is 12.0 Å². The number of hydrogen-bond acceptors (Lipinski definition) is 5. The minimum absolute atomic E-state index is 0.0543. The van der Waals surface area contributed by atoms with Crippen molar-refractivity contribution in [1.82, 2.24) is 5.32 Å². The molecule has 6 heteroatoms. The van der Waals surface area contributed by atoms with Crippen molar-refractivity contribution < 1.29 is 19.1 Å². The van der Waals surface area contributed by atoms with Gasteiger partial charge in [-0.2, -0.15) is 0 Å². The zero-order chi connectivity index (χ0) is 22.1. The largest absolute Gasteiger partial charge is 0.461 e. The van der Waals surface area contributed by atoms with Crippen LogP contribution < -0.4 is 10.6 Å². The molecule has 29 heavy (non-hydrogen) atoms. The molecule has 0 aliphatic rings. The van der Waals surface area contributed by atoms with E-state index in [1.165, 1.54) is 0 Å². The van der Waals surface area contributed by atoms with Gasteiger partial charge < -0.3 is 15.4 Å². The van der Waals surface area contributed by atoms with Crippen molar-refractivity contribution in [3.63, 3.8) is 0 Å². The molecule has 6 nitrogen and oxygen atoms in total. The zero-order valence-corrected chi connectivity index (χ0v) is 18.7. The molecule has 0 saturated carbocycles. The minimum Gasteiger partial charge on any atom is -0.461 e. The fourth-order valence-electron chi connectivity index (χ4n) is 2.81. The average molecular weight is 405 g/mol. The van der Waals surface area contributed by atoms with Gasteiger partial charge in [0.2, 0.25) is 5.91 Å². The topological polar surface area (TPSA) is 84.5 Å². The fraction of sp³-hybridized carbons (Fsp3) is 0.609. The van der Waals surface area contributed by atoms with E-state index in [-0.39, 0.29) is 54.6 Å². The van der Waals surface area contributed by atoms with Crippen molar-refractivity contribution in [2.24, 2.45) is 17.8 Å². The van der Waals surface area contributed by atoms with Crippen molar-refractivity contribution in [2.45, 2.75) is 73.6 Å². The molecule has 0 aliphatic carbocycles. The molecule has 0 radical (unpaired) electrons. The maximum Gasteiger partial charge on any atom is 0.308 e. The smallest absolute Gasteiger partial charge is 0.308 e. The number of rotatable bonds is 11. The third-order valence-electron chi connectivity index (χ3n) is 4.56.